The second-order valence-electron chi connectivity index (χ2n) is 6.27. The van der Waals surface area contributed by atoms with Crippen molar-refractivity contribution in [2.24, 2.45) is 0 Å². The zero-order chi connectivity index (χ0) is 15.0. The van der Waals surface area contributed by atoms with E-state index in [4.69, 9.17) is 0 Å². The third kappa shape index (κ3) is 6.38. The van der Waals surface area contributed by atoms with Crippen molar-refractivity contribution in [3.8, 4) is 0 Å². The Balaban J connectivity index is 2.28. The Bertz CT molecular complexity index is 385. The summed E-state index contributed by atoms with van der Waals surface area (Å²) in [6.45, 7) is 11.5. The maximum Gasteiger partial charge on any atom is 0.146 e. The number of nitrogens with one attached hydrogen (secondary N) is 1. The van der Waals surface area contributed by atoms with E-state index in [1.54, 1.807) is 6.07 Å². The van der Waals surface area contributed by atoms with Crippen molar-refractivity contribution in [2.75, 3.05) is 24.5 Å². The molecule has 0 saturated carbocycles. The van der Waals surface area contributed by atoms with Crippen LogP contribution in [0.3, 0.4) is 0 Å². The highest BCUT2D eigenvalue weighted by molar-refractivity contribution is 5.47. The smallest absolute Gasteiger partial charge is 0.146 e. The third-order valence-corrected chi connectivity index (χ3v) is 3.33. The molecule has 2 nitrogen and oxygen atoms in total. The molecule has 0 radical (unpaired) electrons. The molecule has 0 bridgehead atoms. The summed E-state index contributed by atoms with van der Waals surface area (Å²) in [6.07, 6.45) is 3.45. The Hall–Kier alpha value is -1.09. The summed E-state index contributed by atoms with van der Waals surface area (Å²) in [6, 6.07) is 7.03. The lowest BCUT2D eigenvalue weighted by Crippen LogP contribution is -2.36. The van der Waals surface area contributed by atoms with Gasteiger partial charge in [0.25, 0.3) is 0 Å². The first kappa shape index (κ1) is 17.0. The number of hydrogen-bond acceptors (Lipinski definition) is 2. The van der Waals surface area contributed by atoms with Gasteiger partial charge in [0.15, 0.2) is 0 Å². The van der Waals surface area contributed by atoms with Crippen LogP contribution in [-0.2, 0) is 0 Å². The lowest BCUT2D eigenvalue weighted by atomic mass is 10.1. The summed E-state index contributed by atoms with van der Waals surface area (Å²) in [4.78, 5) is 2.12. The molecular formula is C17H29FN2. The average Bonchev–Trinajstić information content (AvgIpc) is 2.38. The highest BCUT2D eigenvalue weighted by atomic mass is 19.1. The molecular weight excluding hydrogens is 251 g/mol. The maximum atomic E-state index is 13.7. The predicted molar refractivity (Wildman–Crippen MR) is 85.9 cm³/mol. The zero-order valence-corrected chi connectivity index (χ0v) is 13.4. The lowest BCUT2D eigenvalue weighted by Gasteiger charge is -2.24. The molecule has 0 aromatic heterocycles. The van der Waals surface area contributed by atoms with Gasteiger partial charge in [0, 0.05) is 18.6 Å². The Labute approximate surface area is 123 Å². The molecule has 0 amide bonds. The number of anilines is 1. The quantitative estimate of drug-likeness (QED) is 0.718. The van der Waals surface area contributed by atoms with E-state index in [2.05, 4.69) is 37.9 Å². The molecule has 3 heteroatoms. The van der Waals surface area contributed by atoms with Crippen LogP contribution in [0.5, 0.6) is 0 Å². The fourth-order valence-corrected chi connectivity index (χ4v) is 2.22. The van der Waals surface area contributed by atoms with Crippen LogP contribution in [0.1, 0.15) is 47.0 Å². The third-order valence-electron chi connectivity index (χ3n) is 3.33. The van der Waals surface area contributed by atoms with Gasteiger partial charge >= 0.3 is 0 Å². The summed E-state index contributed by atoms with van der Waals surface area (Å²) >= 11 is 0. The molecule has 20 heavy (non-hydrogen) atoms. The van der Waals surface area contributed by atoms with Crippen molar-refractivity contribution < 1.29 is 4.39 Å². The van der Waals surface area contributed by atoms with Gasteiger partial charge in [0.05, 0.1) is 5.69 Å². The van der Waals surface area contributed by atoms with Gasteiger partial charge in [-0.2, -0.15) is 0 Å². The summed E-state index contributed by atoms with van der Waals surface area (Å²) < 4.78 is 13.7. The molecule has 1 aromatic rings. The number of unbranched alkanes of at least 4 members (excludes halogenated alkanes) is 2. The van der Waals surface area contributed by atoms with Gasteiger partial charge in [0.2, 0.25) is 0 Å². The number of para-hydroxylation sites is 1. The van der Waals surface area contributed by atoms with Crippen LogP contribution < -0.4 is 10.2 Å². The average molecular weight is 280 g/mol. The van der Waals surface area contributed by atoms with E-state index in [-0.39, 0.29) is 11.4 Å². The van der Waals surface area contributed by atoms with Crippen LogP contribution in [0.2, 0.25) is 0 Å². The van der Waals surface area contributed by atoms with Crippen molar-refractivity contribution in [1.29, 1.82) is 0 Å². The van der Waals surface area contributed by atoms with Gasteiger partial charge < -0.3 is 10.2 Å². The largest absolute Gasteiger partial charge is 0.369 e. The van der Waals surface area contributed by atoms with Gasteiger partial charge in [-0.05, 0) is 59.2 Å². The van der Waals surface area contributed by atoms with E-state index in [0.29, 0.717) is 0 Å². The molecule has 114 valence electrons. The minimum Gasteiger partial charge on any atom is -0.369 e. The summed E-state index contributed by atoms with van der Waals surface area (Å²) in [5.41, 5.74) is 0.922. The van der Waals surface area contributed by atoms with Crippen molar-refractivity contribution in [3.63, 3.8) is 0 Å². The molecule has 0 saturated heterocycles. The lowest BCUT2D eigenvalue weighted by molar-refractivity contribution is 0.417. The Kier molecular flexibility index (Phi) is 7.00. The van der Waals surface area contributed by atoms with Crippen LogP contribution in [0.15, 0.2) is 24.3 Å². The fourth-order valence-electron chi connectivity index (χ4n) is 2.22. The number of rotatable bonds is 8. The Morgan fingerprint density at radius 2 is 1.80 bits per heavy atom. The van der Waals surface area contributed by atoms with E-state index >= 15 is 0 Å². The SMILES string of the molecule is CCN(CCCCCNC(C)(C)C)c1ccccc1F. The first-order chi connectivity index (χ1) is 9.44. The van der Waals surface area contributed by atoms with E-state index in [1.807, 2.05) is 12.1 Å². The number of benzene rings is 1. The van der Waals surface area contributed by atoms with E-state index in [0.717, 1.165) is 31.7 Å². The van der Waals surface area contributed by atoms with Crippen LogP contribution in [0.4, 0.5) is 10.1 Å². The van der Waals surface area contributed by atoms with E-state index in [1.165, 1.54) is 18.9 Å². The second kappa shape index (κ2) is 8.25. The topological polar surface area (TPSA) is 15.3 Å². The van der Waals surface area contributed by atoms with Crippen molar-refractivity contribution in [2.45, 2.75) is 52.5 Å². The highest BCUT2D eigenvalue weighted by Gasteiger charge is 2.09. The minimum absolute atomic E-state index is 0.122. The fraction of sp³-hybridized carbons (Fsp3) is 0.647. The monoisotopic (exact) mass is 280 g/mol. The van der Waals surface area contributed by atoms with Gasteiger partial charge in [-0.25, -0.2) is 4.39 Å². The number of halogens is 1. The van der Waals surface area contributed by atoms with Crippen LogP contribution >= 0.6 is 0 Å². The summed E-state index contributed by atoms with van der Waals surface area (Å²) in [7, 11) is 0. The molecule has 0 unspecified atom stereocenters. The maximum absolute atomic E-state index is 13.7. The van der Waals surface area contributed by atoms with Crippen LogP contribution in [0, 0.1) is 5.82 Å². The van der Waals surface area contributed by atoms with Gasteiger partial charge in [-0.1, -0.05) is 18.6 Å². The second-order valence-corrected chi connectivity index (χ2v) is 6.27. The predicted octanol–water partition coefficient (Wildman–Crippen LogP) is 4.21. The molecule has 0 heterocycles. The molecule has 0 aliphatic carbocycles. The normalized spacial score (nSPS) is 11.7. The molecule has 1 N–H and O–H groups in total. The van der Waals surface area contributed by atoms with E-state index in [9.17, 15) is 4.39 Å². The van der Waals surface area contributed by atoms with Gasteiger partial charge in [-0.3, -0.25) is 0 Å². The van der Waals surface area contributed by atoms with Gasteiger partial charge in [-0.15, -0.1) is 0 Å². The van der Waals surface area contributed by atoms with Crippen LogP contribution in [0.25, 0.3) is 0 Å². The van der Waals surface area contributed by atoms with Crippen molar-refractivity contribution in [1.82, 2.24) is 5.32 Å². The number of hydrogen-bond donors (Lipinski definition) is 1. The summed E-state index contributed by atoms with van der Waals surface area (Å²) in [5.74, 6) is -0.122. The molecule has 0 aliphatic heterocycles. The molecule has 1 aromatic carbocycles. The first-order valence-electron chi connectivity index (χ1n) is 7.68. The summed E-state index contributed by atoms with van der Waals surface area (Å²) in [5, 5.41) is 3.49. The molecule has 0 fully saturated rings. The highest BCUT2D eigenvalue weighted by Crippen LogP contribution is 2.18. The molecule has 1 rings (SSSR count). The standard InChI is InChI=1S/C17H29FN2/c1-5-20(16-12-8-7-11-15(16)18)14-10-6-9-13-19-17(2,3)4/h7-8,11-12,19H,5-6,9-10,13-14H2,1-4H3. The van der Waals surface area contributed by atoms with Crippen molar-refractivity contribution >= 4 is 5.69 Å². The molecule has 0 spiro atoms. The van der Waals surface area contributed by atoms with Crippen LogP contribution in [-0.4, -0.2) is 25.2 Å². The van der Waals surface area contributed by atoms with Gasteiger partial charge in [0.1, 0.15) is 5.82 Å². The Morgan fingerprint density at radius 3 is 2.40 bits per heavy atom. The Morgan fingerprint density at radius 1 is 1.10 bits per heavy atom. The van der Waals surface area contributed by atoms with Crippen molar-refractivity contribution in [3.05, 3.63) is 30.1 Å². The van der Waals surface area contributed by atoms with E-state index < -0.39 is 0 Å². The number of nitrogens with zero attached hydrogens (tertiary/aromatic N) is 1. The zero-order valence-electron chi connectivity index (χ0n) is 13.4. The first-order valence-corrected chi connectivity index (χ1v) is 7.68. The minimum atomic E-state index is -0.122. The molecule has 0 atom stereocenters. The molecule has 0 aliphatic rings.